The second-order valence-electron chi connectivity index (χ2n) is 4.86. The zero-order chi connectivity index (χ0) is 12.4. The Kier molecular flexibility index (Phi) is 3.01. The molecule has 2 aromatic rings. The number of carbonyl (C=O) groups is 1. The van der Waals surface area contributed by atoms with Gasteiger partial charge in [-0.15, -0.1) is 0 Å². The van der Waals surface area contributed by atoms with E-state index in [2.05, 4.69) is 6.08 Å². The highest BCUT2D eigenvalue weighted by Crippen LogP contribution is 2.24. The molecule has 0 radical (unpaired) electrons. The summed E-state index contributed by atoms with van der Waals surface area (Å²) in [6, 6.07) is 9.59. The second kappa shape index (κ2) is 4.81. The highest BCUT2D eigenvalue weighted by Gasteiger charge is 2.15. The van der Waals surface area contributed by atoms with E-state index in [1.807, 2.05) is 30.3 Å². The van der Waals surface area contributed by atoms with Crippen molar-refractivity contribution in [2.24, 2.45) is 0 Å². The number of hydrogen-bond acceptors (Lipinski definition) is 2. The number of fused-ring (bicyclic) bond motifs is 1. The average Bonchev–Trinajstić information content (AvgIpc) is 2.84. The fraction of sp³-hybridized carbons (Fsp3) is 0.312. The molecule has 92 valence electrons. The highest BCUT2D eigenvalue weighted by atomic mass is 16.3. The van der Waals surface area contributed by atoms with E-state index in [4.69, 9.17) is 4.42 Å². The highest BCUT2D eigenvalue weighted by molar-refractivity contribution is 5.98. The summed E-state index contributed by atoms with van der Waals surface area (Å²) in [5.41, 5.74) is 2.06. The first-order valence-corrected chi connectivity index (χ1v) is 6.52. The number of allylic oxidation sites excluding steroid dienone is 2. The van der Waals surface area contributed by atoms with E-state index in [1.165, 1.54) is 18.4 Å². The molecule has 0 amide bonds. The van der Waals surface area contributed by atoms with Crippen LogP contribution >= 0.6 is 0 Å². The van der Waals surface area contributed by atoms with Gasteiger partial charge >= 0.3 is 0 Å². The Labute approximate surface area is 106 Å². The summed E-state index contributed by atoms with van der Waals surface area (Å²) in [6.07, 6.45) is 7.36. The fourth-order valence-corrected chi connectivity index (χ4v) is 2.48. The molecule has 1 aromatic heterocycles. The molecule has 1 aliphatic rings. The number of carbonyl (C=O) groups excluding carboxylic acids is 1. The molecule has 0 spiro atoms. The van der Waals surface area contributed by atoms with Crippen molar-refractivity contribution in [3.63, 3.8) is 0 Å². The predicted molar refractivity (Wildman–Crippen MR) is 71.7 cm³/mol. The van der Waals surface area contributed by atoms with Crippen molar-refractivity contribution in [3.05, 3.63) is 47.7 Å². The van der Waals surface area contributed by atoms with Gasteiger partial charge < -0.3 is 4.42 Å². The van der Waals surface area contributed by atoms with Crippen LogP contribution in [0.25, 0.3) is 11.0 Å². The summed E-state index contributed by atoms with van der Waals surface area (Å²) in [4.78, 5) is 12.1. The molecule has 1 aliphatic carbocycles. The lowest BCUT2D eigenvalue weighted by atomic mass is 9.95. The maximum atomic E-state index is 12.1. The van der Waals surface area contributed by atoms with Crippen molar-refractivity contribution in [1.82, 2.24) is 0 Å². The first-order chi connectivity index (χ1) is 8.83. The summed E-state index contributed by atoms with van der Waals surface area (Å²) >= 11 is 0. The summed E-state index contributed by atoms with van der Waals surface area (Å²) < 4.78 is 5.59. The van der Waals surface area contributed by atoms with E-state index < -0.39 is 0 Å². The minimum absolute atomic E-state index is 0.0966. The van der Waals surface area contributed by atoms with Crippen LogP contribution in [0, 0.1) is 0 Å². The summed E-state index contributed by atoms with van der Waals surface area (Å²) in [6.45, 7) is 0. The smallest absolute Gasteiger partial charge is 0.202 e. The fourth-order valence-electron chi connectivity index (χ4n) is 2.48. The van der Waals surface area contributed by atoms with Gasteiger partial charge in [0.1, 0.15) is 5.58 Å². The normalized spacial score (nSPS) is 15.7. The minimum Gasteiger partial charge on any atom is -0.453 e. The summed E-state index contributed by atoms with van der Waals surface area (Å²) in [7, 11) is 0. The number of furan rings is 1. The molecule has 0 unspecified atom stereocenters. The van der Waals surface area contributed by atoms with E-state index >= 15 is 0 Å². The SMILES string of the molecule is O=C(CC1=CCCCC1)c1cc2ccccc2o1. The standard InChI is InChI=1S/C16H16O2/c17-14(10-12-6-2-1-3-7-12)16-11-13-8-4-5-9-15(13)18-16/h4-6,8-9,11H,1-3,7,10H2. The van der Waals surface area contributed by atoms with Crippen LogP contribution in [0.1, 0.15) is 42.7 Å². The maximum Gasteiger partial charge on any atom is 0.202 e. The molecule has 0 saturated carbocycles. The summed E-state index contributed by atoms with van der Waals surface area (Å²) in [5, 5.41) is 0.999. The Morgan fingerprint density at radius 1 is 1.22 bits per heavy atom. The van der Waals surface area contributed by atoms with Crippen LogP contribution < -0.4 is 0 Å². The van der Waals surface area contributed by atoms with Crippen LogP contribution in [0.2, 0.25) is 0 Å². The Morgan fingerprint density at radius 2 is 2.11 bits per heavy atom. The second-order valence-corrected chi connectivity index (χ2v) is 4.86. The number of para-hydroxylation sites is 1. The van der Waals surface area contributed by atoms with Gasteiger partial charge in [0.05, 0.1) is 0 Å². The summed E-state index contributed by atoms with van der Waals surface area (Å²) in [5.74, 6) is 0.585. The monoisotopic (exact) mass is 240 g/mol. The largest absolute Gasteiger partial charge is 0.453 e. The van der Waals surface area contributed by atoms with Crippen LogP contribution in [0.5, 0.6) is 0 Å². The van der Waals surface area contributed by atoms with Gasteiger partial charge in [-0.25, -0.2) is 0 Å². The van der Waals surface area contributed by atoms with E-state index in [-0.39, 0.29) is 5.78 Å². The maximum absolute atomic E-state index is 12.1. The van der Waals surface area contributed by atoms with Gasteiger partial charge in [-0.3, -0.25) is 4.79 Å². The molecular formula is C16H16O2. The van der Waals surface area contributed by atoms with Crippen molar-refractivity contribution < 1.29 is 9.21 Å². The molecule has 0 saturated heterocycles. The van der Waals surface area contributed by atoms with Crippen molar-refractivity contribution in [1.29, 1.82) is 0 Å². The number of rotatable bonds is 3. The van der Waals surface area contributed by atoms with Crippen molar-refractivity contribution in [2.45, 2.75) is 32.1 Å². The topological polar surface area (TPSA) is 30.2 Å². The number of hydrogen-bond donors (Lipinski definition) is 0. The molecule has 3 rings (SSSR count). The number of ketones is 1. The average molecular weight is 240 g/mol. The van der Waals surface area contributed by atoms with Crippen LogP contribution in [0.3, 0.4) is 0 Å². The van der Waals surface area contributed by atoms with E-state index in [9.17, 15) is 4.79 Å². The van der Waals surface area contributed by atoms with Gasteiger partial charge in [-0.1, -0.05) is 29.8 Å². The first kappa shape index (κ1) is 11.3. The van der Waals surface area contributed by atoms with E-state index in [0.717, 1.165) is 23.8 Å². The van der Waals surface area contributed by atoms with Gasteiger partial charge in [0.15, 0.2) is 5.76 Å². The lowest BCUT2D eigenvalue weighted by Gasteiger charge is -2.10. The van der Waals surface area contributed by atoms with E-state index in [1.54, 1.807) is 0 Å². The van der Waals surface area contributed by atoms with Gasteiger partial charge in [-0.05, 0) is 37.8 Å². The Hall–Kier alpha value is -1.83. The first-order valence-electron chi connectivity index (χ1n) is 6.52. The number of Topliss-reactive ketones (excluding diaryl/α,β-unsaturated/α-hetero) is 1. The molecule has 0 aliphatic heterocycles. The molecule has 0 N–H and O–H groups in total. The van der Waals surface area contributed by atoms with Crippen molar-refractivity contribution in [2.75, 3.05) is 0 Å². The van der Waals surface area contributed by atoms with Crippen LogP contribution in [0.15, 0.2) is 46.4 Å². The molecule has 2 heteroatoms. The molecular weight excluding hydrogens is 224 g/mol. The molecule has 18 heavy (non-hydrogen) atoms. The van der Waals surface area contributed by atoms with Crippen molar-refractivity contribution in [3.8, 4) is 0 Å². The van der Waals surface area contributed by atoms with Gasteiger partial charge in [-0.2, -0.15) is 0 Å². The van der Waals surface area contributed by atoms with Crippen LogP contribution in [0.4, 0.5) is 0 Å². The predicted octanol–water partition coefficient (Wildman–Crippen LogP) is 4.51. The van der Waals surface area contributed by atoms with Crippen LogP contribution in [-0.2, 0) is 0 Å². The quantitative estimate of drug-likeness (QED) is 0.583. The third-order valence-corrected chi connectivity index (χ3v) is 3.47. The zero-order valence-corrected chi connectivity index (χ0v) is 10.3. The third-order valence-electron chi connectivity index (χ3n) is 3.47. The molecule has 1 heterocycles. The molecule has 2 nitrogen and oxygen atoms in total. The molecule has 1 aromatic carbocycles. The molecule has 0 atom stereocenters. The van der Waals surface area contributed by atoms with Crippen molar-refractivity contribution >= 4 is 16.8 Å². The lowest BCUT2D eigenvalue weighted by molar-refractivity contribution is 0.0967. The number of benzene rings is 1. The molecule has 0 bridgehead atoms. The van der Waals surface area contributed by atoms with Gasteiger partial charge in [0.2, 0.25) is 5.78 Å². The van der Waals surface area contributed by atoms with Gasteiger partial charge in [0, 0.05) is 11.8 Å². The Balaban J connectivity index is 1.81. The Bertz CT molecular complexity index is 571. The Morgan fingerprint density at radius 3 is 2.89 bits per heavy atom. The van der Waals surface area contributed by atoms with Gasteiger partial charge in [0.25, 0.3) is 0 Å². The zero-order valence-electron chi connectivity index (χ0n) is 10.3. The van der Waals surface area contributed by atoms with Crippen LogP contribution in [-0.4, -0.2) is 5.78 Å². The molecule has 0 fully saturated rings. The lowest BCUT2D eigenvalue weighted by Crippen LogP contribution is -2.01. The van der Waals surface area contributed by atoms with E-state index in [0.29, 0.717) is 12.2 Å². The third kappa shape index (κ3) is 2.23. The minimum atomic E-state index is 0.0966.